The zero-order valence-corrected chi connectivity index (χ0v) is 15.1. The zero-order chi connectivity index (χ0) is 17.5. The Labute approximate surface area is 144 Å². The van der Waals surface area contributed by atoms with Crippen molar-refractivity contribution in [2.24, 2.45) is 0 Å². The minimum Gasteiger partial charge on any atom is -0.493 e. The molecule has 1 saturated heterocycles. The highest BCUT2D eigenvalue weighted by atomic mass is 16.5. The number of rotatable bonds is 5. The summed E-state index contributed by atoms with van der Waals surface area (Å²) in [5, 5.41) is 0. The second kappa shape index (κ2) is 8.62. The van der Waals surface area contributed by atoms with E-state index in [0.717, 1.165) is 37.1 Å². The standard InChI is InChI=1S/C19H27NO4/c1-5-24-19(21)18(15-9-7-6-8-12-20(15)2)14-10-11-16(22-3)17(13-14)23-4/h10-11,13H,5-9,12H2,1-4H3/b18-15-. The monoisotopic (exact) mass is 333 g/mol. The average molecular weight is 333 g/mol. The molecule has 0 aromatic heterocycles. The van der Waals surface area contributed by atoms with Crippen molar-refractivity contribution in [2.45, 2.75) is 32.6 Å². The van der Waals surface area contributed by atoms with Crippen LogP contribution >= 0.6 is 0 Å². The summed E-state index contributed by atoms with van der Waals surface area (Å²) in [7, 11) is 5.23. The Morgan fingerprint density at radius 2 is 1.88 bits per heavy atom. The van der Waals surface area contributed by atoms with Gasteiger partial charge in [0.1, 0.15) is 0 Å². The largest absolute Gasteiger partial charge is 0.493 e. The van der Waals surface area contributed by atoms with Gasteiger partial charge >= 0.3 is 5.97 Å². The molecule has 1 aromatic rings. The molecule has 5 nitrogen and oxygen atoms in total. The molecule has 0 radical (unpaired) electrons. The number of nitrogens with zero attached hydrogens (tertiary/aromatic N) is 1. The minimum absolute atomic E-state index is 0.284. The first-order chi connectivity index (χ1) is 11.6. The van der Waals surface area contributed by atoms with Crippen LogP contribution in [0.5, 0.6) is 11.5 Å². The number of methoxy groups -OCH3 is 2. The van der Waals surface area contributed by atoms with Gasteiger partial charge in [-0.1, -0.05) is 12.5 Å². The molecule has 0 saturated carbocycles. The molecule has 0 N–H and O–H groups in total. The van der Waals surface area contributed by atoms with Gasteiger partial charge in [0.05, 0.1) is 26.4 Å². The number of ether oxygens (including phenoxy) is 3. The van der Waals surface area contributed by atoms with Gasteiger partial charge in [0.2, 0.25) is 0 Å². The van der Waals surface area contributed by atoms with Crippen LogP contribution in [0.15, 0.2) is 23.9 Å². The van der Waals surface area contributed by atoms with Gasteiger partial charge in [-0.25, -0.2) is 4.79 Å². The molecule has 5 heteroatoms. The van der Waals surface area contributed by atoms with E-state index in [9.17, 15) is 4.79 Å². The third-order valence-electron chi connectivity index (χ3n) is 4.31. The molecule has 0 atom stereocenters. The summed E-state index contributed by atoms with van der Waals surface area (Å²) in [4.78, 5) is 14.9. The van der Waals surface area contributed by atoms with E-state index in [0.29, 0.717) is 23.7 Å². The highest BCUT2D eigenvalue weighted by molar-refractivity contribution is 6.17. The molecule has 1 heterocycles. The summed E-state index contributed by atoms with van der Waals surface area (Å²) in [6.45, 7) is 3.13. The number of hydrogen-bond donors (Lipinski definition) is 0. The van der Waals surface area contributed by atoms with Gasteiger partial charge in [0.15, 0.2) is 11.5 Å². The second-order valence-corrected chi connectivity index (χ2v) is 5.84. The van der Waals surface area contributed by atoms with Crippen molar-refractivity contribution >= 4 is 11.5 Å². The average Bonchev–Trinajstić information content (AvgIpc) is 2.80. The van der Waals surface area contributed by atoms with E-state index in [1.165, 1.54) is 6.42 Å². The summed E-state index contributed by atoms with van der Waals surface area (Å²) in [6, 6.07) is 5.56. The third kappa shape index (κ3) is 4.02. The molecule has 1 aliphatic heterocycles. The maximum absolute atomic E-state index is 12.7. The van der Waals surface area contributed by atoms with Crippen molar-refractivity contribution in [1.29, 1.82) is 0 Å². The van der Waals surface area contributed by atoms with Gasteiger partial charge in [-0.2, -0.15) is 0 Å². The van der Waals surface area contributed by atoms with Crippen molar-refractivity contribution in [3.8, 4) is 11.5 Å². The van der Waals surface area contributed by atoms with Crippen LogP contribution in [0, 0.1) is 0 Å². The van der Waals surface area contributed by atoms with Crippen molar-refractivity contribution in [2.75, 3.05) is 34.4 Å². The van der Waals surface area contributed by atoms with Crippen molar-refractivity contribution in [1.82, 2.24) is 4.90 Å². The molecule has 1 aromatic carbocycles. The Morgan fingerprint density at radius 3 is 2.54 bits per heavy atom. The Bertz CT molecular complexity index is 609. The van der Waals surface area contributed by atoms with E-state index < -0.39 is 0 Å². The van der Waals surface area contributed by atoms with Crippen LogP contribution in [-0.4, -0.2) is 45.3 Å². The SMILES string of the molecule is CCOC(=O)/C(=C1/CCCCCN1C)c1ccc(OC)c(OC)c1. The molecule has 0 bridgehead atoms. The van der Waals surface area contributed by atoms with Gasteiger partial charge in [0.25, 0.3) is 0 Å². The number of hydrogen-bond acceptors (Lipinski definition) is 5. The quantitative estimate of drug-likeness (QED) is 0.610. The van der Waals surface area contributed by atoms with Crippen LogP contribution in [0.2, 0.25) is 0 Å². The Balaban J connectivity index is 2.56. The van der Waals surface area contributed by atoms with Crippen LogP contribution in [0.3, 0.4) is 0 Å². The molecule has 1 fully saturated rings. The fourth-order valence-electron chi connectivity index (χ4n) is 3.06. The topological polar surface area (TPSA) is 48.0 Å². The first-order valence-corrected chi connectivity index (χ1v) is 8.46. The van der Waals surface area contributed by atoms with Crippen molar-refractivity contribution in [3.63, 3.8) is 0 Å². The lowest BCUT2D eigenvalue weighted by Crippen LogP contribution is -2.22. The van der Waals surface area contributed by atoms with Gasteiger partial charge < -0.3 is 19.1 Å². The van der Waals surface area contributed by atoms with Crippen molar-refractivity contribution in [3.05, 3.63) is 29.5 Å². The Morgan fingerprint density at radius 1 is 1.12 bits per heavy atom. The lowest BCUT2D eigenvalue weighted by Gasteiger charge is -2.23. The molecule has 2 rings (SSSR count). The van der Waals surface area contributed by atoms with Crippen LogP contribution in [0.1, 0.15) is 38.2 Å². The summed E-state index contributed by atoms with van der Waals surface area (Å²) in [5.74, 6) is 0.964. The summed E-state index contributed by atoms with van der Waals surface area (Å²) < 4.78 is 16.0. The number of benzene rings is 1. The van der Waals surface area contributed by atoms with Crippen LogP contribution in [0.25, 0.3) is 5.57 Å². The molecule has 1 aliphatic rings. The lowest BCUT2D eigenvalue weighted by atomic mass is 10.00. The Kier molecular flexibility index (Phi) is 6.53. The molecule has 0 aliphatic carbocycles. The number of carbonyl (C=O) groups excluding carboxylic acids is 1. The van der Waals surface area contributed by atoms with Crippen molar-refractivity contribution < 1.29 is 19.0 Å². The van der Waals surface area contributed by atoms with Crippen LogP contribution < -0.4 is 9.47 Å². The van der Waals surface area contributed by atoms with Gasteiger partial charge in [-0.15, -0.1) is 0 Å². The maximum Gasteiger partial charge on any atom is 0.340 e. The van der Waals surface area contributed by atoms with E-state index in [1.807, 2.05) is 32.2 Å². The predicted molar refractivity (Wildman–Crippen MR) is 94.2 cm³/mol. The zero-order valence-electron chi connectivity index (χ0n) is 15.1. The molecule has 0 spiro atoms. The fourth-order valence-corrected chi connectivity index (χ4v) is 3.06. The Hall–Kier alpha value is -2.17. The highest BCUT2D eigenvalue weighted by Gasteiger charge is 2.23. The van der Waals surface area contributed by atoms with Gasteiger partial charge in [-0.05, 0) is 43.9 Å². The summed E-state index contributed by atoms with van der Waals surface area (Å²) in [6.07, 6.45) is 4.27. The van der Waals surface area contributed by atoms with Gasteiger partial charge in [-0.3, -0.25) is 0 Å². The van der Waals surface area contributed by atoms with Gasteiger partial charge in [0, 0.05) is 19.3 Å². The van der Waals surface area contributed by atoms with E-state index in [1.54, 1.807) is 14.2 Å². The van der Waals surface area contributed by atoms with E-state index in [2.05, 4.69) is 4.90 Å². The predicted octanol–water partition coefficient (Wildman–Crippen LogP) is 3.48. The number of allylic oxidation sites excluding steroid dienone is 1. The second-order valence-electron chi connectivity index (χ2n) is 5.84. The van der Waals surface area contributed by atoms with E-state index >= 15 is 0 Å². The number of likely N-dealkylation sites (tertiary alicyclic amines) is 1. The minimum atomic E-state index is -0.284. The highest BCUT2D eigenvalue weighted by Crippen LogP contribution is 2.34. The third-order valence-corrected chi connectivity index (χ3v) is 4.31. The van der Waals surface area contributed by atoms with Crippen LogP contribution in [0.4, 0.5) is 0 Å². The number of carbonyl (C=O) groups is 1. The first-order valence-electron chi connectivity index (χ1n) is 8.46. The molecule has 24 heavy (non-hydrogen) atoms. The molecular weight excluding hydrogens is 306 g/mol. The van der Waals surface area contributed by atoms with Crippen LogP contribution in [-0.2, 0) is 9.53 Å². The maximum atomic E-state index is 12.7. The summed E-state index contributed by atoms with van der Waals surface area (Å²) in [5.41, 5.74) is 2.47. The summed E-state index contributed by atoms with van der Waals surface area (Å²) >= 11 is 0. The first kappa shape index (κ1) is 18.2. The molecule has 0 amide bonds. The number of esters is 1. The molecular formula is C19H27NO4. The van der Waals surface area contributed by atoms with E-state index in [4.69, 9.17) is 14.2 Å². The normalized spacial score (nSPS) is 17.1. The lowest BCUT2D eigenvalue weighted by molar-refractivity contribution is -0.136. The fraction of sp³-hybridized carbons (Fsp3) is 0.526. The molecule has 0 unspecified atom stereocenters. The van der Waals surface area contributed by atoms with E-state index in [-0.39, 0.29) is 5.97 Å². The molecule has 132 valence electrons. The smallest absolute Gasteiger partial charge is 0.340 e.